The number of hydrogen-bond donors (Lipinski definition) is 3. The van der Waals surface area contributed by atoms with E-state index in [1.807, 2.05) is 0 Å². The first-order chi connectivity index (χ1) is 9.56. The lowest BCUT2D eigenvalue weighted by atomic mass is 9.96. The zero-order valence-electron chi connectivity index (χ0n) is 12.2. The van der Waals surface area contributed by atoms with Crippen LogP contribution in [0, 0.1) is 11.8 Å². The number of unbranched alkanes of at least 4 members (excludes halogenated alkanes) is 2. The summed E-state index contributed by atoms with van der Waals surface area (Å²) >= 11 is 0. The molecule has 3 N–H and O–H groups in total. The topological polar surface area (TPSA) is 89.9 Å². The fraction of sp³-hybridized carbons (Fsp3) is 0.857. The Morgan fingerprint density at radius 2 is 2.00 bits per heavy atom. The van der Waals surface area contributed by atoms with E-state index in [0.29, 0.717) is 19.5 Å². The first-order valence-corrected chi connectivity index (χ1v) is 7.39. The first-order valence-electron chi connectivity index (χ1n) is 7.39. The van der Waals surface area contributed by atoms with Gasteiger partial charge in [0, 0.05) is 26.7 Å². The summed E-state index contributed by atoms with van der Waals surface area (Å²) in [6.07, 6.45) is 5.04. The van der Waals surface area contributed by atoms with E-state index < -0.39 is 5.97 Å². The normalized spacial score (nSPS) is 21.7. The number of aliphatic hydroxyl groups excluding tert-OH is 1. The summed E-state index contributed by atoms with van der Waals surface area (Å²) in [6, 6.07) is -0.148. The maximum absolute atomic E-state index is 11.9. The summed E-state index contributed by atoms with van der Waals surface area (Å²) < 4.78 is 0. The summed E-state index contributed by atoms with van der Waals surface area (Å²) in [6.45, 7) is 1.28. The van der Waals surface area contributed by atoms with E-state index in [-0.39, 0.29) is 24.5 Å². The molecular formula is C14H26N2O4. The van der Waals surface area contributed by atoms with Gasteiger partial charge in [0.2, 0.25) is 0 Å². The number of amides is 2. The molecule has 116 valence electrons. The number of carbonyl (C=O) groups excluding carboxylic acids is 1. The number of rotatable bonds is 8. The molecule has 0 heterocycles. The molecule has 6 heteroatoms. The Labute approximate surface area is 120 Å². The van der Waals surface area contributed by atoms with Gasteiger partial charge in [-0.25, -0.2) is 4.79 Å². The Bertz CT molecular complexity index is 322. The van der Waals surface area contributed by atoms with Crippen molar-refractivity contribution in [1.82, 2.24) is 10.2 Å². The summed E-state index contributed by atoms with van der Waals surface area (Å²) in [4.78, 5) is 24.5. The van der Waals surface area contributed by atoms with Crippen LogP contribution in [0.5, 0.6) is 0 Å². The maximum atomic E-state index is 11.9. The quantitative estimate of drug-likeness (QED) is 0.587. The molecule has 1 aliphatic rings. The van der Waals surface area contributed by atoms with Crippen molar-refractivity contribution in [3.05, 3.63) is 0 Å². The van der Waals surface area contributed by atoms with Crippen molar-refractivity contribution < 1.29 is 19.8 Å². The van der Waals surface area contributed by atoms with Crippen molar-refractivity contribution in [2.24, 2.45) is 11.8 Å². The minimum absolute atomic E-state index is 0.0549. The third-order valence-corrected chi connectivity index (χ3v) is 3.99. The number of urea groups is 1. The van der Waals surface area contributed by atoms with Gasteiger partial charge < -0.3 is 20.4 Å². The zero-order chi connectivity index (χ0) is 15.0. The monoisotopic (exact) mass is 286 g/mol. The zero-order valence-corrected chi connectivity index (χ0v) is 12.2. The SMILES string of the molecule is CN(CCCCCO)C(=O)NCC1CCCC1C(=O)O. The fourth-order valence-corrected chi connectivity index (χ4v) is 2.70. The Morgan fingerprint density at radius 1 is 1.25 bits per heavy atom. The number of carboxylic acids is 1. The van der Waals surface area contributed by atoms with Crippen LogP contribution in [0.25, 0.3) is 0 Å². The predicted octanol–water partition coefficient (Wildman–Crippen LogP) is 1.29. The van der Waals surface area contributed by atoms with E-state index in [0.717, 1.165) is 32.1 Å². The molecule has 1 fully saturated rings. The molecule has 0 spiro atoms. The highest BCUT2D eigenvalue weighted by molar-refractivity contribution is 5.74. The number of aliphatic hydroxyl groups is 1. The van der Waals surface area contributed by atoms with Crippen LogP contribution in [0.1, 0.15) is 38.5 Å². The second-order valence-electron chi connectivity index (χ2n) is 5.53. The lowest BCUT2D eigenvalue weighted by molar-refractivity contribution is -0.142. The second-order valence-corrected chi connectivity index (χ2v) is 5.53. The van der Waals surface area contributed by atoms with Crippen LogP contribution in [0.3, 0.4) is 0 Å². The van der Waals surface area contributed by atoms with E-state index in [9.17, 15) is 9.59 Å². The van der Waals surface area contributed by atoms with Gasteiger partial charge in [-0.15, -0.1) is 0 Å². The number of aliphatic carboxylic acids is 1. The van der Waals surface area contributed by atoms with Crippen LogP contribution in [-0.2, 0) is 4.79 Å². The van der Waals surface area contributed by atoms with E-state index in [4.69, 9.17) is 10.2 Å². The van der Waals surface area contributed by atoms with Crippen molar-refractivity contribution in [1.29, 1.82) is 0 Å². The number of carbonyl (C=O) groups is 2. The number of nitrogens with one attached hydrogen (secondary N) is 1. The van der Waals surface area contributed by atoms with Gasteiger partial charge in [0.15, 0.2) is 0 Å². The van der Waals surface area contributed by atoms with Gasteiger partial charge in [-0.3, -0.25) is 4.79 Å². The number of carboxylic acid groups (broad SMARTS) is 1. The Kier molecular flexibility index (Phi) is 7.36. The molecule has 0 radical (unpaired) electrons. The van der Waals surface area contributed by atoms with Crippen molar-refractivity contribution in [3.8, 4) is 0 Å². The molecule has 0 aromatic rings. The van der Waals surface area contributed by atoms with E-state index in [1.54, 1.807) is 11.9 Å². The molecule has 2 amide bonds. The van der Waals surface area contributed by atoms with Gasteiger partial charge in [0.25, 0.3) is 0 Å². The molecule has 6 nitrogen and oxygen atoms in total. The average molecular weight is 286 g/mol. The largest absolute Gasteiger partial charge is 0.481 e. The number of nitrogens with zero attached hydrogens (tertiary/aromatic N) is 1. The summed E-state index contributed by atoms with van der Waals surface area (Å²) in [5.41, 5.74) is 0. The van der Waals surface area contributed by atoms with Crippen LogP contribution in [-0.4, -0.2) is 53.9 Å². The lowest BCUT2D eigenvalue weighted by Crippen LogP contribution is -2.41. The molecule has 0 aromatic carbocycles. The molecule has 1 rings (SSSR count). The summed E-state index contributed by atoms with van der Waals surface area (Å²) in [5, 5.41) is 20.6. The second kappa shape index (κ2) is 8.79. The number of hydrogen-bond acceptors (Lipinski definition) is 3. The average Bonchev–Trinajstić information content (AvgIpc) is 2.89. The van der Waals surface area contributed by atoms with E-state index in [2.05, 4.69) is 5.32 Å². The van der Waals surface area contributed by atoms with Crippen LogP contribution in [0.2, 0.25) is 0 Å². The maximum Gasteiger partial charge on any atom is 0.317 e. The molecule has 0 bridgehead atoms. The van der Waals surface area contributed by atoms with Crippen molar-refractivity contribution >= 4 is 12.0 Å². The van der Waals surface area contributed by atoms with Gasteiger partial charge in [0.05, 0.1) is 5.92 Å². The van der Waals surface area contributed by atoms with Crippen LogP contribution >= 0.6 is 0 Å². The smallest absolute Gasteiger partial charge is 0.317 e. The molecule has 2 unspecified atom stereocenters. The standard InChI is InChI=1S/C14H26N2O4/c1-16(8-3-2-4-9-17)14(20)15-10-11-6-5-7-12(11)13(18)19/h11-12,17H,2-10H2,1H3,(H,15,20)(H,18,19). The predicted molar refractivity (Wildman–Crippen MR) is 75.4 cm³/mol. The van der Waals surface area contributed by atoms with E-state index >= 15 is 0 Å². The van der Waals surface area contributed by atoms with Crippen molar-refractivity contribution in [2.45, 2.75) is 38.5 Å². The molecule has 1 saturated carbocycles. The minimum Gasteiger partial charge on any atom is -0.481 e. The third-order valence-electron chi connectivity index (χ3n) is 3.99. The lowest BCUT2D eigenvalue weighted by Gasteiger charge is -2.21. The molecule has 0 aliphatic heterocycles. The molecule has 2 atom stereocenters. The summed E-state index contributed by atoms with van der Waals surface area (Å²) in [7, 11) is 1.73. The Hall–Kier alpha value is -1.30. The van der Waals surface area contributed by atoms with Crippen molar-refractivity contribution in [2.75, 3.05) is 26.7 Å². The third kappa shape index (κ3) is 5.36. The van der Waals surface area contributed by atoms with Gasteiger partial charge in [-0.2, -0.15) is 0 Å². The fourth-order valence-electron chi connectivity index (χ4n) is 2.70. The molecular weight excluding hydrogens is 260 g/mol. The first kappa shape index (κ1) is 16.8. The molecule has 0 aromatic heterocycles. The Morgan fingerprint density at radius 3 is 2.65 bits per heavy atom. The van der Waals surface area contributed by atoms with Gasteiger partial charge in [-0.1, -0.05) is 6.42 Å². The molecule has 20 heavy (non-hydrogen) atoms. The molecule has 0 saturated heterocycles. The Balaban J connectivity index is 2.23. The highest BCUT2D eigenvalue weighted by Gasteiger charge is 2.32. The van der Waals surface area contributed by atoms with Gasteiger partial charge >= 0.3 is 12.0 Å². The van der Waals surface area contributed by atoms with Gasteiger partial charge in [0.1, 0.15) is 0 Å². The summed E-state index contributed by atoms with van der Waals surface area (Å²) in [5.74, 6) is -1.01. The highest BCUT2D eigenvalue weighted by atomic mass is 16.4. The van der Waals surface area contributed by atoms with Crippen LogP contribution in [0.15, 0.2) is 0 Å². The molecule has 1 aliphatic carbocycles. The van der Waals surface area contributed by atoms with Crippen LogP contribution < -0.4 is 5.32 Å². The highest BCUT2D eigenvalue weighted by Crippen LogP contribution is 2.31. The van der Waals surface area contributed by atoms with Gasteiger partial charge in [-0.05, 0) is 38.0 Å². The minimum atomic E-state index is -0.751. The van der Waals surface area contributed by atoms with Crippen LogP contribution in [0.4, 0.5) is 4.79 Å². The van der Waals surface area contributed by atoms with E-state index in [1.165, 1.54) is 0 Å². The van der Waals surface area contributed by atoms with Crippen molar-refractivity contribution in [3.63, 3.8) is 0 Å².